The van der Waals surface area contributed by atoms with Crippen LogP contribution in [-0.4, -0.2) is 58.8 Å². The molecule has 0 bridgehead atoms. The number of hydrogen-bond acceptors (Lipinski definition) is 7. The minimum Gasteiger partial charge on any atom is -0.411 e. The highest BCUT2D eigenvalue weighted by Gasteiger charge is 2.29. The van der Waals surface area contributed by atoms with Crippen molar-refractivity contribution in [2.45, 2.75) is 32.9 Å². The lowest BCUT2D eigenvalue weighted by Crippen LogP contribution is -2.51. The summed E-state index contributed by atoms with van der Waals surface area (Å²) in [7, 11) is 0. The molecule has 35 heavy (non-hydrogen) atoms. The minimum atomic E-state index is -0.354. The number of thioether (sulfide) groups is 1. The first kappa shape index (κ1) is 24.8. The Bertz CT molecular complexity index is 1160. The first-order valence-corrected chi connectivity index (χ1v) is 12.7. The lowest BCUT2D eigenvalue weighted by molar-refractivity contribution is -0.139. The Morgan fingerprint density at radius 1 is 0.971 bits per heavy atom. The molecule has 0 saturated carbocycles. The average molecular weight is 494 g/mol. The van der Waals surface area contributed by atoms with Crippen molar-refractivity contribution >= 4 is 35.0 Å². The van der Waals surface area contributed by atoms with Crippen LogP contribution in [0, 0.1) is 12.3 Å². The fourth-order valence-corrected chi connectivity index (χ4v) is 4.37. The Kier molecular flexibility index (Phi) is 7.45. The fourth-order valence-electron chi connectivity index (χ4n) is 3.80. The van der Waals surface area contributed by atoms with E-state index < -0.39 is 0 Å². The molecule has 1 aromatic heterocycles. The smallest absolute Gasteiger partial charge is 0.277 e. The molecule has 3 aromatic rings. The van der Waals surface area contributed by atoms with Gasteiger partial charge < -0.3 is 19.5 Å². The Balaban J connectivity index is 1.24. The molecule has 0 radical (unpaired) electrons. The quantitative estimate of drug-likeness (QED) is 0.507. The van der Waals surface area contributed by atoms with Gasteiger partial charge in [0.1, 0.15) is 0 Å². The van der Waals surface area contributed by atoms with E-state index in [4.69, 9.17) is 4.42 Å². The highest BCUT2D eigenvalue weighted by molar-refractivity contribution is 7.99. The molecule has 8 nitrogen and oxygen atoms in total. The van der Waals surface area contributed by atoms with E-state index in [-0.39, 0.29) is 23.0 Å². The number of rotatable bonds is 6. The molecule has 1 saturated heterocycles. The zero-order valence-electron chi connectivity index (χ0n) is 20.6. The van der Waals surface area contributed by atoms with Crippen molar-refractivity contribution < 1.29 is 14.0 Å². The van der Waals surface area contributed by atoms with Gasteiger partial charge in [0.2, 0.25) is 17.7 Å². The SMILES string of the molecule is Cc1ccc(-c2nnc(SCC(=O)Nc3ccc(N4CCN(C(=O)C(C)(C)C)CC4)cc3)o2)cc1. The van der Waals surface area contributed by atoms with Crippen LogP contribution in [0.25, 0.3) is 11.5 Å². The number of nitrogens with one attached hydrogen (secondary N) is 1. The van der Waals surface area contributed by atoms with Gasteiger partial charge in [0.25, 0.3) is 5.22 Å². The van der Waals surface area contributed by atoms with Gasteiger partial charge in [-0.1, -0.05) is 50.2 Å². The minimum absolute atomic E-state index is 0.146. The summed E-state index contributed by atoms with van der Waals surface area (Å²) in [6.07, 6.45) is 0. The molecule has 1 aliphatic heterocycles. The molecule has 2 amide bonds. The molecule has 4 rings (SSSR count). The number of aromatic nitrogens is 2. The summed E-state index contributed by atoms with van der Waals surface area (Å²) in [5.41, 5.74) is 3.46. The predicted octanol–water partition coefficient (Wildman–Crippen LogP) is 4.47. The van der Waals surface area contributed by atoms with Gasteiger partial charge in [-0.25, -0.2) is 0 Å². The molecule has 1 aliphatic rings. The number of aryl methyl sites for hydroxylation is 1. The second kappa shape index (κ2) is 10.5. The van der Waals surface area contributed by atoms with Crippen LogP contribution in [0.2, 0.25) is 0 Å². The number of benzene rings is 2. The molecule has 2 aromatic carbocycles. The normalized spacial score (nSPS) is 14.2. The maximum absolute atomic E-state index is 12.5. The van der Waals surface area contributed by atoms with Gasteiger partial charge in [-0.2, -0.15) is 0 Å². The highest BCUT2D eigenvalue weighted by Crippen LogP contribution is 2.25. The summed E-state index contributed by atoms with van der Waals surface area (Å²) in [6, 6.07) is 15.6. The molecule has 0 aliphatic carbocycles. The summed E-state index contributed by atoms with van der Waals surface area (Å²) in [5, 5.41) is 11.3. The van der Waals surface area contributed by atoms with Crippen LogP contribution in [0.15, 0.2) is 58.2 Å². The van der Waals surface area contributed by atoms with E-state index in [1.54, 1.807) is 0 Å². The number of carbonyl (C=O) groups excluding carboxylic acids is 2. The molecule has 0 spiro atoms. The van der Waals surface area contributed by atoms with E-state index in [2.05, 4.69) is 20.4 Å². The van der Waals surface area contributed by atoms with Crippen molar-refractivity contribution in [3.05, 3.63) is 54.1 Å². The van der Waals surface area contributed by atoms with Crippen LogP contribution >= 0.6 is 11.8 Å². The van der Waals surface area contributed by atoms with Crippen molar-refractivity contribution in [1.29, 1.82) is 0 Å². The lowest BCUT2D eigenvalue weighted by Gasteiger charge is -2.38. The standard InChI is InChI=1S/C26H31N5O3S/c1-18-5-7-19(8-6-18)23-28-29-25(34-23)35-17-22(32)27-20-9-11-21(12-10-20)30-13-15-31(16-14-30)24(33)26(2,3)4/h5-12H,13-17H2,1-4H3,(H,27,32). The molecular formula is C26H31N5O3S. The van der Waals surface area contributed by atoms with Crippen molar-refractivity contribution in [3.63, 3.8) is 0 Å². The molecule has 9 heteroatoms. The van der Waals surface area contributed by atoms with Crippen molar-refractivity contribution in [1.82, 2.24) is 15.1 Å². The summed E-state index contributed by atoms with van der Waals surface area (Å²) in [6.45, 7) is 10.9. The summed E-state index contributed by atoms with van der Waals surface area (Å²) >= 11 is 1.20. The predicted molar refractivity (Wildman–Crippen MR) is 139 cm³/mol. The van der Waals surface area contributed by atoms with Gasteiger partial charge in [0.15, 0.2) is 0 Å². The summed E-state index contributed by atoms with van der Waals surface area (Å²) < 4.78 is 5.66. The van der Waals surface area contributed by atoms with Crippen LogP contribution in [0.5, 0.6) is 0 Å². The number of anilines is 2. The Hall–Kier alpha value is -3.33. The fraction of sp³-hybridized carbons (Fsp3) is 0.385. The topological polar surface area (TPSA) is 91.6 Å². The van der Waals surface area contributed by atoms with Gasteiger partial charge in [0, 0.05) is 48.5 Å². The lowest BCUT2D eigenvalue weighted by atomic mass is 9.94. The second-order valence-corrected chi connectivity index (χ2v) is 10.6. The Labute approximate surface area is 210 Å². The highest BCUT2D eigenvalue weighted by atomic mass is 32.2. The zero-order valence-corrected chi connectivity index (χ0v) is 21.4. The summed E-state index contributed by atoms with van der Waals surface area (Å²) in [5.74, 6) is 0.653. The Morgan fingerprint density at radius 3 is 2.26 bits per heavy atom. The molecule has 1 fully saturated rings. The van der Waals surface area contributed by atoms with Crippen LogP contribution in [0.3, 0.4) is 0 Å². The number of carbonyl (C=O) groups is 2. The maximum Gasteiger partial charge on any atom is 0.277 e. The monoisotopic (exact) mass is 493 g/mol. The zero-order chi connectivity index (χ0) is 25.0. The molecule has 0 unspecified atom stereocenters. The largest absolute Gasteiger partial charge is 0.411 e. The van der Waals surface area contributed by atoms with E-state index in [1.807, 2.05) is 81.1 Å². The van der Waals surface area contributed by atoms with Gasteiger partial charge in [-0.05, 0) is 43.3 Å². The first-order chi connectivity index (χ1) is 16.7. The maximum atomic E-state index is 12.5. The van der Waals surface area contributed by atoms with Crippen LogP contribution < -0.4 is 10.2 Å². The van der Waals surface area contributed by atoms with Crippen molar-refractivity contribution in [2.75, 3.05) is 42.1 Å². The van der Waals surface area contributed by atoms with Gasteiger partial charge in [-0.15, -0.1) is 10.2 Å². The van der Waals surface area contributed by atoms with Crippen LogP contribution in [-0.2, 0) is 9.59 Å². The third kappa shape index (κ3) is 6.42. The van der Waals surface area contributed by atoms with Gasteiger partial charge in [-0.3, -0.25) is 9.59 Å². The molecule has 2 heterocycles. The number of hydrogen-bond donors (Lipinski definition) is 1. The number of piperazine rings is 1. The van der Waals surface area contributed by atoms with E-state index in [1.165, 1.54) is 11.8 Å². The van der Waals surface area contributed by atoms with Crippen molar-refractivity contribution in [2.24, 2.45) is 5.41 Å². The average Bonchev–Trinajstić information content (AvgIpc) is 3.32. The second-order valence-electron chi connectivity index (χ2n) is 9.65. The molecule has 184 valence electrons. The molecule has 1 N–H and O–H groups in total. The van der Waals surface area contributed by atoms with Gasteiger partial charge >= 0.3 is 0 Å². The van der Waals surface area contributed by atoms with E-state index in [0.717, 1.165) is 35.6 Å². The van der Waals surface area contributed by atoms with E-state index in [0.29, 0.717) is 24.2 Å². The van der Waals surface area contributed by atoms with E-state index >= 15 is 0 Å². The molecular weight excluding hydrogens is 462 g/mol. The third-order valence-corrected chi connectivity index (χ3v) is 6.57. The van der Waals surface area contributed by atoms with E-state index in [9.17, 15) is 9.59 Å². The number of nitrogens with zero attached hydrogens (tertiary/aromatic N) is 4. The van der Waals surface area contributed by atoms with Crippen LogP contribution in [0.4, 0.5) is 11.4 Å². The van der Waals surface area contributed by atoms with Crippen LogP contribution in [0.1, 0.15) is 26.3 Å². The molecule has 0 atom stereocenters. The van der Waals surface area contributed by atoms with Crippen molar-refractivity contribution in [3.8, 4) is 11.5 Å². The number of amides is 2. The first-order valence-electron chi connectivity index (χ1n) is 11.7. The third-order valence-electron chi connectivity index (χ3n) is 5.76. The van der Waals surface area contributed by atoms with Gasteiger partial charge in [0.05, 0.1) is 5.75 Å². The summed E-state index contributed by atoms with van der Waals surface area (Å²) in [4.78, 5) is 29.1. The Morgan fingerprint density at radius 2 is 1.63 bits per heavy atom.